The van der Waals surface area contributed by atoms with Crippen LogP contribution in [0.3, 0.4) is 0 Å². The smallest absolute Gasteiger partial charge is 0.353 e. The third-order valence-electron chi connectivity index (χ3n) is 2.74. The minimum absolute atomic E-state index is 0.0431. The van der Waals surface area contributed by atoms with Crippen LogP contribution in [-0.4, -0.2) is 34.0 Å². The number of H-pyrrole nitrogens is 1. The molecular formula is C12H8ClN3O5. The molecule has 21 heavy (non-hydrogen) atoms. The number of hydrogen-bond acceptors (Lipinski definition) is 5. The molecule has 3 N–H and O–H groups in total. The van der Waals surface area contributed by atoms with Gasteiger partial charge in [0.15, 0.2) is 17.3 Å². The molecule has 0 aliphatic carbocycles. The standard InChI is InChI=1S/C12H8ClN3O5/c13-6-1-5(2-8-10(6)21-4-20-8)11(17)14-9-3-7(12(18)19)15-16-9/h1-3H,4H2,(H,18,19)(H2,14,15,16,17). The molecule has 0 atom stereocenters. The van der Waals surface area contributed by atoms with E-state index in [2.05, 4.69) is 15.5 Å². The molecule has 0 saturated heterocycles. The predicted octanol–water partition coefficient (Wildman–Crippen LogP) is 1.74. The number of aromatic amines is 1. The van der Waals surface area contributed by atoms with E-state index in [1.165, 1.54) is 18.2 Å². The molecule has 0 unspecified atom stereocenters. The Kier molecular flexibility index (Phi) is 3.15. The highest BCUT2D eigenvalue weighted by molar-refractivity contribution is 6.32. The first-order valence-electron chi connectivity index (χ1n) is 5.74. The van der Waals surface area contributed by atoms with Crippen LogP contribution < -0.4 is 14.8 Å². The van der Waals surface area contributed by atoms with Gasteiger partial charge in [0.05, 0.1) is 5.02 Å². The number of benzene rings is 1. The molecule has 0 radical (unpaired) electrons. The van der Waals surface area contributed by atoms with Crippen molar-refractivity contribution in [1.29, 1.82) is 0 Å². The summed E-state index contributed by atoms with van der Waals surface area (Å²) >= 11 is 5.98. The van der Waals surface area contributed by atoms with E-state index in [1.807, 2.05) is 0 Å². The summed E-state index contributed by atoms with van der Waals surface area (Å²) in [6.45, 7) is 0.0431. The highest BCUT2D eigenvalue weighted by Gasteiger charge is 2.21. The first-order chi connectivity index (χ1) is 10.0. The fourth-order valence-electron chi connectivity index (χ4n) is 1.78. The zero-order valence-electron chi connectivity index (χ0n) is 10.3. The maximum Gasteiger partial charge on any atom is 0.353 e. The number of fused-ring (bicyclic) bond motifs is 1. The van der Waals surface area contributed by atoms with E-state index in [4.69, 9.17) is 26.2 Å². The molecule has 1 aromatic heterocycles. The Morgan fingerprint density at radius 2 is 2.14 bits per heavy atom. The highest BCUT2D eigenvalue weighted by Crippen LogP contribution is 2.39. The second-order valence-electron chi connectivity index (χ2n) is 4.12. The van der Waals surface area contributed by atoms with Gasteiger partial charge in [0.25, 0.3) is 5.91 Å². The molecule has 1 amide bonds. The summed E-state index contributed by atoms with van der Waals surface area (Å²) in [5, 5.41) is 17.4. The van der Waals surface area contributed by atoms with Crippen LogP contribution in [0, 0.1) is 0 Å². The third kappa shape index (κ3) is 2.48. The average molecular weight is 310 g/mol. The molecule has 0 spiro atoms. The topological polar surface area (TPSA) is 114 Å². The van der Waals surface area contributed by atoms with Gasteiger partial charge < -0.3 is 19.9 Å². The summed E-state index contributed by atoms with van der Waals surface area (Å²) < 4.78 is 10.3. The van der Waals surface area contributed by atoms with Crippen molar-refractivity contribution in [3.8, 4) is 11.5 Å². The summed E-state index contributed by atoms with van der Waals surface area (Å²) in [5.41, 5.74) is 0.109. The van der Waals surface area contributed by atoms with Crippen molar-refractivity contribution in [2.75, 3.05) is 12.1 Å². The van der Waals surface area contributed by atoms with Gasteiger partial charge in [-0.05, 0) is 12.1 Å². The average Bonchev–Trinajstić information content (AvgIpc) is 3.07. The lowest BCUT2D eigenvalue weighted by Crippen LogP contribution is -2.12. The van der Waals surface area contributed by atoms with Crippen LogP contribution in [0.1, 0.15) is 20.8 Å². The molecule has 3 rings (SSSR count). The Hall–Kier alpha value is -2.74. The van der Waals surface area contributed by atoms with E-state index in [-0.39, 0.29) is 28.9 Å². The van der Waals surface area contributed by atoms with Gasteiger partial charge in [0, 0.05) is 11.6 Å². The first-order valence-corrected chi connectivity index (χ1v) is 6.11. The van der Waals surface area contributed by atoms with Crippen molar-refractivity contribution in [3.63, 3.8) is 0 Å². The number of nitrogens with one attached hydrogen (secondary N) is 2. The molecular weight excluding hydrogens is 302 g/mol. The monoisotopic (exact) mass is 309 g/mol. The molecule has 0 bridgehead atoms. The molecule has 2 heterocycles. The number of carbonyl (C=O) groups is 2. The Morgan fingerprint density at radius 1 is 1.33 bits per heavy atom. The number of anilines is 1. The number of halogens is 1. The lowest BCUT2D eigenvalue weighted by molar-refractivity contribution is 0.0690. The van der Waals surface area contributed by atoms with E-state index in [9.17, 15) is 9.59 Å². The van der Waals surface area contributed by atoms with E-state index in [0.717, 1.165) is 0 Å². The second-order valence-corrected chi connectivity index (χ2v) is 4.53. The molecule has 0 saturated carbocycles. The number of hydrogen-bond donors (Lipinski definition) is 3. The molecule has 1 aliphatic rings. The van der Waals surface area contributed by atoms with E-state index < -0.39 is 11.9 Å². The number of aromatic carboxylic acids is 1. The summed E-state index contributed by atoms with van der Waals surface area (Å²) in [4.78, 5) is 22.8. The van der Waals surface area contributed by atoms with E-state index in [1.54, 1.807) is 0 Å². The molecule has 8 nitrogen and oxygen atoms in total. The number of nitrogens with zero attached hydrogens (tertiary/aromatic N) is 1. The number of aromatic nitrogens is 2. The largest absolute Gasteiger partial charge is 0.477 e. The first kappa shape index (κ1) is 13.3. The molecule has 0 fully saturated rings. The molecule has 2 aromatic rings. The van der Waals surface area contributed by atoms with E-state index >= 15 is 0 Å². The summed E-state index contributed by atoms with van der Waals surface area (Å²) in [5.74, 6) is -0.819. The van der Waals surface area contributed by atoms with Crippen molar-refractivity contribution in [2.24, 2.45) is 0 Å². The Balaban J connectivity index is 1.82. The van der Waals surface area contributed by atoms with Crippen LogP contribution in [0.25, 0.3) is 0 Å². The number of amides is 1. The Morgan fingerprint density at radius 3 is 2.86 bits per heavy atom. The number of ether oxygens (including phenoxy) is 2. The Bertz CT molecular complexity index is 742. The normalized spacial score (nSPS) is 12.2. The minimum atomic E-state index is -1.17. The number of carboxylic acids is 1. The van der Waals surface area contributed by atoms with Crippen molar-refractivity contribution in [3.05, 3.63) is 34.5 Å². The van der Waals surface area contributed by atoms with Crippen molar-refractivity contribution in [1.82, 2.24) is 10.2 Å². The van der Waals surface area contributed by atoms with Crippen LogP contribution in [-0.2, 0) is 0 Å². The highest BCUT2D eigenvalue weighted by atomic mass is 35.5. The van der Waals surface area contributed by atoms with Crippen molar-refractivity contribution < 1.29 is 24.2 Å². The van der Waals surface area contributed by atoms with Gasteiger partial charge in [0.2, 0.25) is 6.79 Å². The zero-order valence-corrected chi connectivity index (χ0v) is 11.1. The molecule has 1 aromatic carbocycles. The van der Waals surface area contributed by atoms with Gasteiger partial charge in [-0.3, -0.25) is 9.89 Å². The van der Waals surface area contributed by atoms with Gasteiger partial charge in [-0.15, -0.1) is 0 Å². The lowest BCUT2D eigenvalue weighted by atomic mass is 10.2. The van der Waals surface area contributed by atoms with E-state index in [0.29, 0.717) is 11.5 Å². The molecule has 1 aliphatic heterocycles. The molecule has 9 heteroatoms. The number of rotatable bonds is 3. The van der Waals surface area contributed by atoms with Crippen LogP contribution in [0.5, 0.6) is 11.5 Å². The maximum atomic E-state index is 12.1. The van der Waals surface area contributed by atoms with Crippen LogP contribution in [0.2, 0.25) is 5.02 Å². The quantitative estimate of drug-likeness (QED) is 0.796. The van der Waals surface area contributed by atoms with Gasteiger partial charge in [-0.1, -0.05) is 11.6 Å². The van der Waals surface area contributed by atoms with Gasteiger partial charge in [-0.25, -0.2) is 4.79 Å². The maximum absolute atomic E-state index is 12.1. The summed E-state index contributed by atoms with van der Waals surface area (Å²) in [6.07, 6.45) is 0. The van der Waals surface area contributed by atoms with Crippen molar-refractivity contribution in [2.45, 2.75) is 0 Å². The van der Waals surface area contributed by atoms with Crippen molar-refractivity contribution >= 4 is 29.3 Å². The SMILES string of the molecule is O=C(Nc1cc(C(=O)O)[nH]n1)c1cc(Cl)c2c(c1)OCO2. The molecule has 108 valence electrons. The van der Waals surface area contributed by atoms with Gasteiger partial charge in [-0.2, -0.15) is 5.10 Å². The van der Waals surface area contributed by atoms with Gasteiger partial charge >= 0.3 is 5.97 Å². The second kappa shape index (κ2) is 4.98. The summed E-state index contributed by atoms with van der Waals surface area (Å²) in [7, 11) is 0. The lowest BCUT2D eigenvalue weighted by Gasteiger charge is -2.04. The Labute approximate surface area is 122 Å². The number of carboxylic acid groups (broad SMARTS) is 1. The van der Waals surface area contributed by atoms with Gasteiger partial charge in [0.1, 0.15) is 5.69 Å². The fraction of sp³-hybridized carbons (Fsp3) is 0.0833. The fourth-order valence-corrected chi connectivity index (χ4v) is 2.05. The van der Waals surface area contributed by atoms with Crippen LogP contribution in [0.15, 0.2) is 18.2 Å². The third-order valence-corrected chi connectivity index (χ3v) is 3.02. The number of carbonyl (C=O) groups excluding carboxylic acids is 1. The van der Waals surface area contributed by atoms with Crippen LogP contribution in [0.4, 0.5) is 5.82 Å². The zero-order chi connectivity index (χ0) is 15.0. The minimum Gasteiger partial charge on any atom is -0.477 e. The summed E-state index contributed by atoms with van der Waals surface area (Å²) in [6, 6.07) is 4.11. The predicted molar refractivity (Wildman–Crippen MR) is 71.1 cm³/mol. The van der Waals surface area contributed by atoms with Crippen LogP contribution >= 0.6 is 11.6 Å².